The normalized spacial score (nSPS) is 10.8. The maximum atomic E-state index is 5.30. The fourth-order valence-electron chi connectivity index (χ4n) is 1.61. The molecule has 0 aliphatic rings. The summed E-state index contributed by atoms with van der Waals surface area (Å²) in [5.74, 6) is 0.892. The molecule has 2 aromatic heterocycles. The zero-order valence-corrected chi connectivity index (χ0v) is 9.40. The van der Waals surface area contributed by atoms with Crippen LogP contribution >= 0.6 is 0 Å². The Labute approximate surface area is 94.6 Å². The molecule has 86 valence electrons. The highest BCUT2D eigenvalue weighted by atomic mass is 16.5. The molecule has 0 aliphatic carbocycles. The van der Waals surface area contributed by atoms with Crippen molar-refractivity contribution in [2.75, 3.05) is 25.6 Å². The first-order chi connectivity index (χ1) is 7.92. The third-order valence-electron chi connectivity index (χ3n) is 2.45. The molecule has 4 heteroatoms. The van der Waals surface area contributed by atoms with Crippen LogP contribution in [-0.4, -0.2) is 25.2 Å². The number of pyridine rings is 1. The van der Waals surface area contributed by atoms with E-state index in [0.29, 0.717) is 0 Å². The largest absolute Gasteiger partial charge is 0.464 e. The van der Waals surface area contributed by atoms with Gasteiger partial charge in [-0.2, -0.15) is 0 Å². The monoisotopic (exact) mass is 220 g/mol. The SMILES string of the molecule is COCCCCNc1nccc2occc12. The quantitative estimate of drug-likeness (QED) is 0.760. The fraction of sp³-hybridized carbons (Fsp3) is 0.417. The Morgan fingerprint density at radius 3 is 3.19 bits per heavy atom. The molecule has 0 atom stereocenters. The van der Waals surface area contributed by atoms with Crippen LogP contribution < -0.4 is 5.32 Å². The summed E-state index contributed by atoms with van der Waals surface area (Å²) in [4.78, 5) is 4.29. The Kier molecular flexibility index (Phi) is 3.77. The second kappa shape index (κ2) is 5.51. The first-order valence-electron chi connectivity index (χ1n) is 5.47. The number of fused-ring (bicyclic) bond motifs is 1. The van der Waals surface area contributed by atoms with Gasteiger partial charge in [0.25, 0.3) is 0 Å². The van der Waals surface area contributed by atoms with Gasteiger partial charge >= 0.3 is 0 Å². The van der Waals surface area contributed by atoms with Crippen LogP contribution in [-0.2, 0) is 4.74 Å². The number of methoxy groups -OCH3 is 1. The Morgan fingerprint density at radius 2 is 2.31 bits per heavy atom. The van der Waals surface area contributed by atoms with Crippen molar-refractivity contribution in [3.8, 4) is 0 Å². The molecule has 0 aliphatic heterocycles. The molecule has 0 fully saturated rings. The van der Waals surface area contributed by atoms with Gasteiger partial charge in [-0.25, -0.2) is 4.98 Å². The summed E-state index contributed by atoms with van der Waals surface area (Å²) in [7, 11) is 1.72. The van der Waals surface area contributed by atoms with E-state index in [-0.39, 0.29) is 0 Å². The fourth-order valence-corrected chi connectivity index (χ4v) is 1.61. The van der Waals surface area contributed by atoms with Gasteiger partial charge in [0.05, 0.1) is 11.6 Å². The van der Waals surface area contributed by atoms with Crippen LogP contribution in [0.2, 0.25) is 0 Å². The zero-order chi connectivity index (χ0) is 11.2. The van der Waals surface area contributed by atoms with E-state index < -0.39 is 0 Å². The summed E-state index contributed by atoms with van der Waals surface area (Å²) in [5, 5.41) is 4.34. The lowest BCUT2D eigenvalue weighted by atomic mass is 10.3. The lowest BCUT2D eigenvalue weighted by Crippen LogP contribution is -2.04. The van der Waals surface area contributed by atoms with Gasteiger partial charge in [0, 0.05) is 26.5 Å². The van der Waals surface area contributed by atoms with Crippen LogP contribution in [0, 0.1) is 0 Å². The molecule has 0 unspecified atom stereocenters. The second-order valence-electron chi connectivity index (χ2n) is 3.62. The molecule has 4 nitrogen and oxygen atoms in total. The predicted octanol–water partition coefficient (Wildman–Crippen LogP) is 2.67. The minimum atomic E-state index is 0.811. The zero-order valence-electron chi connectivity index (χ0n) is 9.40. The van der Waals surface area contributed by atoms with Crippen molar-refractivity contribution in [2.24, 2.45) is 0 Å². The number of aromatic nitrogens is 1. The van der Waals surface area contributed by atoms with Crippen molar-refractivity contribution in [1.29, 1.82) is 0 Å². The Bertz CT molecular complexity index is 439. The Balaban J connectivity index is 1.91. The molecule has 0 bridgehead atoms. The van der Waals surface area contributed by atoms with E-state index in [1.165, 1.54) is 0 Å². The third kappa shape index (κ3) is 2.52. The first-order valence-corrected chi connectivity index (χ1v) is 5.47. The van der Waals surface area contributed by atoms with E-state index in [9.17, 15) is 0 Å². The molecule has 2 heterocycles. The van der Waals surface area contributed by atoms with Gasteiger partial charge in [-0.05, 0) is 25.0 Å². The van der Waals surface area contributed by atoms with Crippen molar-refractivity contribution in [2.45, 2.75) is 12.8 Å². The standard InChI is InChI=1S/C12H16N2O2/c1-15-8-3-2-6-13-12-10-5-9-16-11(10)4-7-14-12/h4-5,7,9H,2-3,6,8H2,1H3,(H,13,14). The Morgan fingerprint density at radius 1 is 1.38 bits per heavy atom. The topological polar surface area (TPSA) is 47.3 Å². The van der Waals surface area contributed by atoms with E-state index in [0.717, 1.165) is 42.8 Å². The molecule has 2 rings (SSSR count). The van der Waals surface area contributed by atoms with E-state index in [1.807, 2.05) is 12.1 Å². The van der Waals surface area contributed by atoms with Crippen molar-refractivity contribution in [3.63, 3.8) is 0 Å². The molecule has 0 spiro atoms. The van der Waals surface area contributed by atoms with Gasteiger partial charge in [0.15, 0.2) is 0 Å². The minimum Gasteiger partial charge on any atom is -0.464 e. The van der Waals surface area contributed by atoms with Crippen LogP contribution in [0.15, 0.2) is 29.0 Å². The number of nitrogens with one attached hydrogen (secondary N) is 1. The molecule has 16 heavy (non-hydrogen) atoms. The van der Waals surface area contributed by atoms with Crippen molar-refractivity contribution >= 4 is 16.8 Å². The van der Waals surface area contributed by atoms with Gasteiger partial charge in [-0.15, -0.1) is 0 Å². The summed E-state index contributed by atoms with van der Waals surface area (Å²) in [6.45, 7) is 1.71. The number of hydrogen-bond acceptors (Lipinski definition) is 4. The molecular formula is C12H16N2O2. The van der Waals surface area contributed by atoms with Gasteiger partial charge in [-0.1, -0.05) is 0 Å². The predicted molar refractivity (Wildman–Crippen MR) is 63.6 cm³/mol. The highest BCUT2D eigenvalue weighted by Gasteiger charge is 2.03. The molecule has 1 N–H and O–H groups in total. The number of nitrogens with zero attached hydrogens (tertiary/aromatic N) is 1. The van der Waals surface area contributed by atoms with Crippen LogP contribution in [0.3, 0.4) is 0 Å². The molecule has 0 radical (unpaired) electrons. The number of furan rings is 1. The number of ether oxygens (including phenoxy) is 1. The van der Waals surface area contributed by atoms with Crippen molar-refractivity contribution in [3.05, 3.63) is 24.6 Å². The summed E-state index contributed by atoms with van der Waals surface area (Å²) < 4.78 is 10.3. The molecule has 0 saturated carbocycles. The second-order valence-corrected chi connectivity index (χ2v) is 3.62. The van der Waals surface area contributed by atoms with Crippen molar-refractivity contribution in [1.82, 2.24) is 4.98 Å². The van der Waals surface area contributed by atoms with E-state index in [1.54, 1.807) is 19.6 Å². The highest BCUT2D eigenvalue weighted by molar-refractivity contribution is 5.87. The highest BCUT2D eigenvalue weighted by Crippen LogP contribution is 2.21. The van der Waals surface area contributed by atoms with Crippen LogP contribution in [0.5, 0.6) is 0 Å². The van der Waals surface area contributed by atoms with Crippen LogP contribution in [0.1, 0.15) is 12.8 Å². The van der Waals surface area contributed by atoms with Crippen LogP contribution in [0.4, 0.5) is 5.82 Å². The van der Waals surface area contributed by atoms with Gasteiger partial charge < -0.3 is 14.5 Å². The summed E-state index contributed by atoms with van der Waals surface area (Å²) >= 11 is 0. The molecular weight excluding hydrogens is 204 g/mol. The maximum Gasteiger partial charge on any atom is 0.139 e. The third-order valence-corrected chi connectivity index (χ3v) is 2.45. The molecule has 0 aromatic carbocycles. The average molecular weight is 220 g/mol. The van der Waals surface area contributed by atoms with E-state index >= 15 is 0 Å². The number of unbranched alkanes of at least 4 members (excludes halogenated alkanes) is 1. The molecule has 0 amide bonds. The minimum absolute atomic E-state index is 0.811. The molecule has 0 saturated heterocycles. The number of rotatable bonds is 6. The van der Waals surface area contributed by atoms with E-state index in [4.69, 9.17) is 9.15 Å². The maximum absolute atomic E-state index is 5.30. The lowest BCUT2D eigenvalue weighted by Gasteiger charge is -2.05. The van der Waals surface area contributed by atoms with Gasteiger partial charge in [0.2, 0.25) is 0 Å². The lowest BCUT2D eigenvalue weighted by molar-refractivity contribution is 0.194. The van der Waals surface area contributed by atoms with E-state index in [2.05, 4.69) is 10.3 Å². The number of anilines is 1. The van der Waals surface area contributed by atoms with Crippen LogP contribution in [0.25, 0.3) is 11.0 Å². The molecule has 2 aromatic rings. The average Bonchev–Trinajstić information content (AvgIpc) is 2.77. The Hall–Kier alpha value is -1.55. The van der Waals surface area contributed by atoms with Gasteiger partial charge in [0.1, 0.15) is 11.4 Å². The van der Waals surface area contributed by atoms with Gasteiger partial charge in [-0.3, -0.25) is 0 Å². The smallest absolute Gasteiger partial charge is 0.139 e. The summed E-state index contributed by atoms with van der Waals surface area (Å²) in [6, 6.07) is 3.80. The summed E-state index contributed by atoms with van der Waals surface area (Å²) in [5.41, 5.74) is 0.870. The number of hydrogen-bond donors (Lipinski definition) is 1. The first kappa shape index (κ1) is 11.0. The summed E-state index contributed by atoms with van der Waals surface area (Å²) in [6.07, 6.45) is 5.57. The van der Waals surface area contributed by atoms with Crippen molar-refractivity contribution < 1.29 is 9.15 Å².